The highest BCUT2D eigenvalue weighted by Crippen LogP contribution is 2.33. The van der Waals surface area contributed by atoms with Crippen LogP contribution >= 0.6 is 0 Å². The number of nitrogens with one attached hydrogen (secondary N) is 1. The minimum Gasteiger partial charge on any atom is -0.497 e. The number of carbonyl (C=O) groups excluding carboxylic acids is 2. The molecule has 1 amide bonds. The molecule has 126 valence electrons. The van der Waals surface area contributed by atoms with Gasteiger partial charge in [0, 0.05) is 24.5 Å². The number of amides is 1. The van der Waals surface area contributed by atoms with E-state index in [4.69, 9.17) is 9.15 Å². The Morgan fingerprint density at radius 2 is 1.88 bits per heavy atom. The number of rotatable bonds is 5. The summed E-state index contributed by atoms with van der Waals surface area (Å²) in [6, 6.07) is 14.6. The van der Waals surface area contributed by atoms with Gasteiger partial charge in [0.1, 0.15) is 11.3 Å². The van der Waals surface area contributed by atoms with Crippen LogP contribution in [0.25, 0.3) is 17.0 Å². The molecule has 0 fully saturated rings. The van der Waals surface area contributed by atoms with Crippen LogP contribution in [0.5, 0.6) is 5.75 Å². The van der Waals surface area contributed by atoms with Gasteiger partial charge in [-0.05, 0) is 23.8 Å². The van der Waals surface area contributed by atoms with Gasteiger partial charge in [-0.1, -0.05) is 30.3 Å². The van der Waals surface area contributed by atoms with Crippen LogP contribution in [0.15, 0.2) is 59.0 Å². The third-order valence-electron chi connectivity index (χ3n) is 3.69. The molecule has 0 aliphatic heterocycles. The summed E-state index contributed by atoms with van der Waals surface area (Å²) in [6.45, 7) is 1.39. The molecule has 1 aromatic heterocycles. The summed E-state index contributed by atoms with van der Waals surface area (Å²) >= 11 is 0. The van der Waals surface area contributed by atoms with Gasteiger partial charge in [0.15, 0.2) is 11.5 Å². The predicted molar refractivity (Wildman–Crippen MR) is 96.9 cm³/mol. The molecule has 1 N–H and O–H groups in total. The third-order valence-corrected chi connectivity index (χ3v) is 3.69. The van der Waals surface area contributed by atoms with Crippen LogP contribution in [0.3, 0.4) is 0 Å². The van der Waals surface area contributed by atoms with Gasteiger partial charge in [-0.2, -0.15) is 0 Å². The molecule has 3 aromatic rings. The second-order valence-corrected chi connectivity index (χ2v) is 5.46. The Labute approximate surface area is 144 Å². The fourth-order valence-corrected chi connectivity index (χ4v) is 2.48. The molecule has 2 aromatic carbocycles. The smallest absolute Gasteiger partial charge is 0.248 e. The van der Waals surface area contributed by atoms with E-state index >= 15 is 0 Å². The molecule has 5 nitrogen and oxygen atoms in total. The first-order chi connectivity index (χ1) is 12.1. The lowest BCUT2D eigenvalue weighted by molar-refractivity contribution is -0.111. The number of ether oxygens (including phenoxy) is 1. The van der Waals surface area contributed by atoms with Crippen molar-refractivity contribution in [2.24, 2.45) is 0 Å². The highest BCUT2D eigenvalue weighted by Gasteiger charge is 2.19. The Morgan fingerprint density at radius 3 is 2.56 bits per heavy atom. The number of hydrogen-bond acceptors (Lipinski definition) is 4. The first-order valence-corrected chi connectivity index (χ1v) is 7.74. The number of hydrogen-bond donors (Lipinski definition) is 1. The monoisotopic (exact) mass is 335 g/mol. The zero-order chi connectivity index (χ0) is 17.8. The van der Waals surface area contributed by atoms with Crippen LogP contribution < -0.4 is 10.1 Å². The summed E-state index contributed by atoms with van der Waals surface area (Å²) in [4.78, 5) is 24.1. The minimum absolute atomic E-state index is 0.115. The standard InChI is InChI=1S/C20H17NO4/c1-13(22)20-19(16-10-9-15(24-2)12-17(16)25-20)21-18(23)11-8-14-6-4-3-5-7-14/h3-12H,1-2H3,(H,21,23)/b11-8+. The number of anilines is 1. The number of fused-ring (bicyclic) bond motifs is 1. The molecule has 0 aliphatic carbocycles. The van der Waals surface area contributed by atoms with Crippen LogP contribution in [0.1, 0.15) is 23.0 Å². The molecule has 3 rings (SSSR count). The summed E-state index contributed by atoms with van der Waals surface area (Å²) in [5.41, 5.74) is 1.76. The average Bonchev–Trinajstić information content (AvgIpc) is 2.98. The summed E-state index contributed by atoms with van der Waals surface area (Å²) in [7, 11) is 1.55. The first-order valence-electron chi connectivity index (χ1n) is 7.74. The second-order valence-electron chi connectivity index (χ2n) is 5.46. The van der Waals surface area contributed by atoms with Crippen LogP contribution in [-0.4, -0.2) is 18.8 Å². The van der Waals surface area contributed by atoms with Crippen molar-refractivity contribution >= 4 is 34.4 Å². The van der Waals surface area contributed by atoms with E-state index in [2.05, 4.69) is 5.32 Å². The van der Waals surface area contributed by atoms with E-state index in [9.17, 15) is 9.59 Å². The highest BCUT2D eigenvalue weighted by atomic mass is 16.5. The number of carbonyl (C=O) groups is 2. The van der Waals surface area contributed by atoms with Crippen molar-refractivity contribution in [2.45, 2.75) is 6.92 Å². The van der Waals surface area contributed by atoms with Crippen molar-refractivity contribution in [1.29, 1.82) is 0 Å². The molecular weight excluding hydrogens is 318 g/mol. The molecule has 0 saturated carbocycles. The molecule has 5 heteroatoms. The van der Waals surface area contributed by atoms with Crippen LogP contribution in [0.4, 0.5) is 5.69 Å². The van der Waals surface area contributed by atoms with E-state index in [-0.39, 0.29) is 17.5 Å². The van der Waals surface area contributed by atoms with Gasteiger partial charge in [0.05, 0.1) is 12.8 Å². The summed E-state index contributed by atoms with van der Waals surface area (Å²) in [5.74, 6) is 0.116. The van der Waals surface area contributed by atoms with Crippen molar-refractivity contribution in [3.8, 4) is 5.75 Å². The van der Waals surface area contributed by atoms with Gasteiger partial charge in [0.2, 0.25) is 5.91 Å². The number of ketones is 1. The van der Waals surface area contributed by atoms with Gasteiger partial charge in [-0.15, -0.1) is 0 Å². The summed E-state index contributed by atoms with van der Waals surface area (Å²) in [6.07, 6.45) is 3.12. The van der Waals surface area contributed by atoms with Crippen LogP contribution in [0, 0.1) is 0 Å². The van der Waals surface area contributed by atoms with Crippen LogP contribution in [0.2, 0.25) is 0 Å². The number of benzene rings is 2. The summed E-state index contributed by atoms with van der Waals surface area (Å²) in [5, 5.41) is 3.39. The van der Waals surface area contributed by atoms with Gasteiger partial charge < -0.3 is 14.5 Å². The number of methoxy groups -OCH3 is 1. The second kappa shape index (κ2) is 7.05. The van der Waals surface area contributed by atoms with E-state index in [1.807, 2.05) is 30.3 Å². The van der Waals surface area contributed by atoms with Gasteiger partial charge in [-0.3, -0.25) is 9.59 Å². The van der Waals surface area contributed by atoms with E-state index in [0.29, 0.717) is 22.4 Å². The fourth-order valence-electron chi connectivity index (χ4n) is 2.48. The number of Topliss-reactive ketones (excluding diaryl/α,β-unsaturated/α-hetero) is 1. The molecule has 0 radical (unpaired) electrons. The maximum Gasteiger partial charge on any atom is 0.248 e. The lowest BCUT2D eigenvalue weighted by Crippen LogP contribution is -2.10. The fraction of sp³-hybridized carbons (Fsp3) is 0.100. The largest absolute Gasteiger partial charge is 0.497 e. The van der Waals surface area contributed by atoms with E-state index in [0.717, 1.165) is 5.56 Å². The zero-order valence-corrected chi connectivity index (χ0v) is 13.9. The molecule has 0 atom stereocenters. The van der Waals surface area contributed by atoms with Crippen molar-refractivity contribution in [2.75, 3.05) is 12.4 Å². The molecule has 0 aliphatic rings. The highest BCUT2D eigenvalue weighted by molar-refractivity contribution is 6.13. The van der Waals surface area contributed by atoms with Crippen molar-refractivity contribution < 1.29 is 18.7 Å². The van der Waals surface area contributed by atoms with E-state index in [1.54, 1.807) is 31.4 Å². The normalized spacial score (nSPS) is 11.0. The molecule has 0 bridgehead atoms. The molecular formula is C20H17NO4. The Kier molecular flexibility index (Phi) is 4.66. The van der Waals surface area contributed by atoms with E-state index in [1.165, 1.54) is 13.0 Å². The Balaban J connectivity index is 1.91. The van der Waals surface area contributed by atoms with Crippen molar-refractivity contribution in [1.82, 2.24) is 0 Å². The van der Waals surface area contributed by atoms with E-state index < -0.39 is 0 Å². The molecule has 1 heterocycles. The van der Waals surface area contributed by atoms with Gasteiger partial charge >= 0.3 is 0 Å². The number of furan rings is 1. The van der Waals surface area contributed by atoms with Crippen LogP contribution in [-0.2, 0) is 4.79 Å². The zero-order valence-electron chi connectivity index (χ0n) is 13.9. The quantitative estimate of drug-likeness (QED) is 0.558. The van der Waals surface area contributed by atoms with Gasteiger partial charge in [-0.25, -0.2) is 0 Å². The van der Waals surface area contributed by atoms with Gasteiger partial charge in [0.25, 0.3) is 0 Å². The van der Waals surface area contributed by atoms with Crippen molar-refractivity contribution in [3.63, 3.8) is 0 Å². The Morgan fingerprint density at radius 1 is 1.12 bits per heavy atom. The molecule has 0 unspecified atom stereocenters. The molecule has 0 spiro atoms. The topological polar surface area (TPSA) is 68.5 Å². The van der Waals surface area contributed by atoms with Crippen molar-refractivity contribution in [3.05, 3.63) is 65.9 Å². The maximum absolute atomic E-state index is 12.2. The third kappa shape index (κ3) is 3.61. The average molecular weight is 335 g/mol. The Hall–Kier alpha value is -3.34. The molecule has 25 heavy (non-hydrogen) atoms. The minimum atomic E-state index is -0.343. The Bertz CT molecular complexity index is 954. The molecule has 0 saturated heterocycles. The lowest BCUT2D eigenvalue weighted by Gasteiger charge is -2.02. The lowest BCUT2D eigenvalue weighted by atomic mass is 10.2. The SMILES string of the molecule is COc1ccc2c(NC(=O)/C=C/c3ccccc3)c(C(C)=O)oc2c1. The maximum atomic E-state index is 12.2. The first kappa shape index (κ1) is 16.5. The predicted octanol–water partition coefficient (Wildman–Crippen LogP) is 4.30. The summed E-state index contributed by atoms with van der Waals surface area (Å²) < 4.78 is 10.8.